The zero-order valence-electron chi connectivity index (χ0n) is 10.9. The highest BCUT2D eigenvalue weighted by Gasteiger charge is 2.27. The molecule has 1 heterocycles. The van der Waals surface area contributed by atoms with Crippen LogP contribution in [0.4, 0.5) is 0 Å². The first kappa shape index (κ1) is 17.9. The van der Waals surface area contributed by atoms with Crippen LogP contribution >= 0.6 is 24.0 Å². The minimum atomic E-state index is -3.00. The lowest BCUT2D eigenvalue weighted by atomic mass is 10.2. The molecule has 3 N–H and O–H groups in total. The summed E-state index contributed by atoms with van der Waals surface area (Å²) in [5, 5.41) is 2.92. The fraction of sp³-hybridized carbons (Fsp3) is 0.900. The number of rotatable bonds is 5. The van der Waals surface area contributed by atoms with Crippen molar-refractivity contribution in [3.05, 3.63) is 0 Å². The quantitative estimate of drug-likeness (QED) is 0.399. The molecule has 0 bridgehead atoms. The van der Waals surface area contributed by atoms with E-state index in [1.807, 2.05) is 0 Å². The van der Waals surface area contributed by atoms with Crippen LogP contribution in [0.3, 0.4) is 0 Å². The smallest absolute Gasteiger partial charge is 0.214 e. The van der Waals surface area contributed by atoms with Gasteiger partial charge in [0.1, 0.15) is 0 Å². The topological polar surface area (TPSA) is 87.8 Å². The molecule has 1 aliphatic rings. The molecule has 1 fully saturated rings. The zero-order valence-corrected chi connectivity index (χ0v) is 14.1. The minimum Gasteiger partial charge on any atom is -0.370 e. The molecule has 108 valence electrons. The number of nitrogens with one attached hydrogen (secondary N) is 1. The van der Waals surface area contributed by atoms with E-state index in [-0.39, 0.29) is 29.7 Å². The van der Waals surface area contributed by atoms with Crippen molar-refractivity contribution < 1.29 is 8.42 Å². The Labute approximate surface area is 126 Å². The van der Waals surface area contributed by atoms with Gasteiger partial charge < -0.3 is 11.1 Å². The molecule has 0 aromatic rings. The summed E-state index contributed by atoms with van der Waals surface area (Å²) in [6.45, 7) is 6.39. The molecule has 8 heteroatoms. The van der Waals surface area contributed by atoms with Crippen LogP contribution in [0.1, 0.15) is 20.3 Å². The summed E-state index contributed by atoms with van der Waals surface area (Å²) in [5.41, 5.74) is 5.65. The highest BCUT2D eigenvalue weighted by atomic mass is 127. The molecule has 1 rings (SSSR count). The molecule has 1 saturated heterocycles. The summed E-state index contributed by atoms with van der Waals surface area (Å²) in [7, 11) is -3.00. The van der Waals surface area contributed by atoms with E-state index in [1.165, 1.54) is 4.31 Å². The van der Waals surface area contributed by atoms with Crippen molar-refractivity contribution in [3.8, 4) is 0 Å². The second kappa shape index (κ2) is 8.16. The summed E-state index contributed by atoms with van der Waals surface area (Å²) in [5.74, 6) is 1.12. The maximum Gasteiger partial charge on any atom is 0.214 e. The summed E-state index contributed by atoms with van der Waals surface area (Å²) in [4.78, 5) is 4.14. The Bertz CT molecular complexity index is 370. The molecule has 0 radical (unpaired) electrons. The number of sulfonamides is 1. The van der Waals surface area contributed by atoms with Gasteiger partial charge in [0.15, 0.2) is 5.96 Å². The summed E-state index contributed by atoms with van der Waals surface area (Å²) < 4.78 is 24.5. The molecular formula is C10H23IN4O2S. The van der Waals surface area contributed by atoms with E-state index in [1.54, 1.807) is 0 Å². The van der Waals surface area contributed by atoms with Crippen LogP contribution in [0.5, 0.6) is 0 Å². The average Bonchev–Trinajstić information content (AvgIpc) is 2.55. The molecule has 18 heavy (non-hydrogen) atoms. The Hall–Kier alpha value is -0.0900. The van der Waals surface area contributed by atoms with Gasteiger partial charge in [-0.25, -0.2) is 12.7 Å². The molecule has 0 atom stereocenters. The Morgan fingerprint density at radius 3 is 2.67 bits per heavy atom. The van der Waals surface area contributed by atoms with Gasteiger partial charge in [0.05, 0.1) is 5.75 Å². The number of nitrogens with zero attached hydrogens (tertiary/aromatic N) is 2. The number of nitrogens with two attached hydrogens (primary N) is 1. The second-order valence-electron chi connectivity index (χ2n) is 4.62. The first-order valence-corrected chi connectivity index (χ1v) is 7.54. The number of guanidine groups is 1. The van der Waals surface area contributed by atoms with Crippen LogP contribution in [0.15, 0.2) is 4.99 Å². The van der Waals surface area contributed by atoms with Crippen LogP contribution in [-0.4, -0.2) is 50.6 Å². The second-order valence-corrected chi connectivity index (χ2v) is 6.70. The van der Waals surface area contributed by atoms with Crippen LogP contribution in [0, 0.1) is 5.92 Å². The highest BCUT2D eigenvalue weighted by molar-refractivity contribution is 14.0. The molecular weight excluding hydrogens is 367 g/mol. The van der Waals surface area contributed by atoms with Gasteiger partial charge in [0, 0.05) is 26.2 Å². The number of hydrogen-bond donors (Lipinski definition) is 2. The standard InChI is InChI=1S/C10H22N4O2S.HI/c1-9(2)8-13-10(11)12-4-6-14-5-3-7-17(14,15)16;/h9H,3-8H2,1-2H3,(H3,11,12,13);1H. The predicted molar refractivity (Wildman–Crippen MR) is 84.7 cm³/mol. The van der Waals surface area contributed by atoms with Crippen molar-refractivity contribution >= 4 is 40.0 Å². The molecule has 0 aromatic heterocycles. The van der Waals surface area contributed by atoms with E-state index >= 15 is 0 Å². The average molecular weight is 390 g/mol. The minimum absolute atomic E-state index is 0. The third kappa shape index (κ3) is 6.19. The van der Waals surface area contributed by atoms with Crippen LogP contribution in [-0.2, 0) is 10.0 Å². The van der Waals surface area contributed by atoms with Gasteiger partial charge >= 0.3 is 0 Å². The van der Waals surface area contributed by atoms with E-state index in [0.29, 0.717) is 38.1 Å². The summed E-state index contributed by atoms with van der Waals surface area (Å²) in [6.07, 6.45) is 0.721. The molecule has 0 aliphatic carbocycles. The maximum absolute atomic E-state index is 11.5. The van der Waals surface area contributed by atoms with Crippen molar-refractivity contribution in [1.29, 1.82) is 0 Å². The first-order valence-electron chi connectivity index (χ1n) is 5.93. The van der Waals surface area contributed by atoms with Crippen LogP contribution in [0.2, 0.25) is 0 Å². The molecule has 0 spiro atoms. The first-order chi connectivity index (χ1) is 7.92. The molecule has 0 unspecified atom stereocenters. The lowest BCUT2D eigenvalue weighted by molar-refractivity contribution is 0.445. The Kier molecular flexibility index (Phi) is 8.11. The van der Waals surface area contributed by atoms with Crippen molar-refractivity contribution in [1.82, 2.24) is 9.62 Å². The fourth-order valence-corrected chi connectivity index (χ4v) is 3.12. The number of halogens is 1. The number of hydrogen-bond acceptors (Lipinski definition) is 3. The monoisotopic (exact) mass is 390 g/mol. The van der Waals surface area contributed by atoms with E-state index in [0.717, 1.165) is 6.42 Å². The van der Waals surface area contributed by atoms with Gasteiger partial charge in [0.2, 0.25) is 10.0 Å². The lowest BCUT2D eigenvalue weighted by Gasteiger charge is -2.14. The summed E-state index contributed by atoms with van der Waals surface area (Å²) >= 11 is 0. The van der Waals surface area contributed by atoms with Gasteiger partial charge in [-0.05, 0) is 12.3 Å². The number of aliphatic imine (C=N–C) groups is 1. The molecule has 0 saturated carbocycles. The highest BCUT2D eigenvalue weighted by Crippen LogP contribution is 2.11. The van der Waals surface area contributed by atoms with Gasteiger partial charge in [-0.2, -0.15) is 0 Å². The van der Waals surface area contributed by atoms with Crippen LogP contribution in [0.25, 0.3) is 0 Å². The zero-order chi connectivity index (χ0) is 12.9. The van der Waals surface area contributed by atoms with Crippen molar-refractivity contribution in [2.45, 2.75) is 20.3 Å². The molecule has 0 amide bonds. The fourth-order valence-electron chi connectivity index (χ4n) is 1.59. The van der Waals surface area contributed by atoms with Gasteiger partial charge in [-0.1, -0.05) is 13.8 Å². The van der Waals surface area contributed by atoms with E-state index in [4.69, 9.17) is 5.73 Å². The van der Waals surface area contributed by atoms with E-state index in [9.17, 15) is 8.42 Å². The Balaban J connectivity index is 0.00000289. The van der Waals surface area contributed by atoms with Crippen molar-refractivity contribution in [2.24, 2.45) is 16.6 Å². The lowest BCUT2D eigenvalue weighted by Crippen LogP contribution is -2.39. The largest absolute Gasteiger partial charge is 0.370 e. The normalized spacial score (nSPS) is 19.8. The Morgan fingerprint density at radius 1 is 1.50 bits per heavy atom. The van der Waals surface area contributed by atoms with E-state index in [2.05, 4.69) is 24.2 Å². The van der Waals surface area contributed by atoms with Gasteiger partial charge in [-0.3, -0.25) is 4.99 Å². The van der Waals surface area contributed by atoms with Crippen molar-refractivity contribution in [2.75, 3.05) is 31.9 Å². The third-order valence-electron chi connectivity index (χ3n) is 2.50. The van der Waals surface area contributed by atoms with Crippen molar-refractivity contribution in [3.63, 3.8) is 0 Å². The van der Waals surface area contributed by atoms with Crippen LogP contribution < -0.4 is 11.1 Å². The van der Waals surface area contributed by atoms with Gasteiger partial charge in [0.25, 0.3) is 0 Å². The SMILES string of the molecule is CC(C)CN=C(N)NCCN1CCCS1(=O)=O.I. The van der Waals surface area contributed by atoms with Gasteiger partial charge in [-0.15, -0.1) is 24.0 Å². The molecule has 1 aliphatic heterocycles. The molecule has 6 nitrogen and oxygen atoms in total. The Morgan fingerprint density at radius 2 is 2.17 bits per heavy atom. The predicted octanol–water partition coefficient (Wildman–Crippen LogP) is 0.200. The molecule has 0 aromatic carbocycles. The third-order valence-corrected chi connectivity index (χ3v) is 4.45. The maximum atomic E-state index is 11.5. The summed E-state index contributed by atoms with van der Waals surface area (Å²) in [6, 6.07) is 0. The van der Waals surface area contributed by atoms with E-state index < -0.39 is 10.0 Å².